The minimum Gasteiger partial charge on any atom is -0.423 e. The molecule has 0 aliphatic carbocycles. The molecule has 0 atom stereocenters. The van der Waals surface area contributed by atoms with E-state index >= 15 is 0 Å². The number of rotatable bonds is 6. The van der Waals surface area contributed by atoms with Gasteiger partial charge in [-0.2, -0.15) is 26.3 Å². The zero-order chi connectivity index (χ0) is 41.4. The molecule has 0 unspecified atom stereocenters. The Morgan fingerprint density at radius 3 is 1.43 bits per heavy atom. The highest BCUT2D eigenvalue weighted by Gasteiger charge is 2.31. The Balaban J connectivity index is 0.000000200. The molecule has 0 spiro atoms. The second-order valence-corrected chi connectivity index (χ2v) is 13.7. The van der Waals surface area contributed by atoms with Crippen LogP contribution < -0.4 is 16.6 Å². The van der Waals surface area contributed by atoms with E-state index in [4.69, 9.17) is 33.2 Å². The van der Waals surface area contributed by atoms with Gasteiger partial charge in [0.2, 0.25) is 0 Å². The lowest BCUT2D eigenvalue weighted by atomic mass is 9.80. The minimum atomic E-state index is -4.44. The van der Waals surface area contributed by atoms with Gasteiger partial charge in [0.25, 0.3) is 11.1 Å². The van der Waals surface area contributed by atoms with E-state index in [0.717, 1.165) is 47.5 Å². The molecule has 6 aromatic rings. The van der Waals surface area contributed by atoms with Crippen LogP contribution in [0.5, 0.6) is 0 Å². The molecule has 0 bridgehead atoms. The first-order valence-electron chi connectivity index (χ1n) is 16.3. The van der Waals surface area contributed by atoms with E-state index in [1.165, 1.54) is 16.7 Å². The van der Waals surface area contributed by atoms with Crippen LogP contribution in [0.2, 0.25) is 10.3 Å². The van der Waals surface area contributed by atoms with Gasteiger partial charge in [-0.05, 0) is 70.7 Å². The van der Waals surface area contributed by atoms with Gasteiger partial charge >= 0.3 is 19.5 Å². The number of nitrogens with zero attached hydrogens (tertiary/aromatic N) is 4. The Morgan fingerprint density at radius 2 is 1.02 bits per heavy atom. The number of benzene rings is 4. The van der Waals surface area contributed by atoms with Gasteiger partial charge in [0.1, 0.15) is 25.5 Å². The average molecular weight is 929 g/mol. The van der Waals surface area contributed by atoms with E-state index in [0.29, 0.717) is 33.9 Å². The quantitative estimate of drug-likeness (QED) is 0.0756. The van der Waals surface area contributed by atoms with Crippen LogP contribution in [0.15, 0.2) is 119 Å². The molecule has 0 radical (unpaired) electrons. The van der Waals surface area contributed by atoms with Crippen LogP contribution in [0.3, 0.4) is 0 Å². The number of aromatic nitrogens is 4. The second-order valence-electron chi connectivity index (χ2n) is 11.9. The van der Waals surface area contributed by atoms with Crippen LogP contribution in [0, 0.1) is 17.4 Å². The molecule has 0 saturated carbocycles. The molecule has 2 heterocycles. The van der Waals surface area contributed by atoms with E-state index in [1.54, 1.807) is 18.4 Å². The van der Waals surface area contributed by atoms with Crippen molar-refractivity contribution < 1.29 is 36.4 Å². The van der Waals surface area contributed by atoms with Crippen molar-refractivity contribution in [2.45, 2.75) is 39.3 Å². The monoisotopic (exact) mass is 928 g/mol. The number of alkyl halides is 6. The maximum Gasteiger partial charge on any atom is 0.488 e. The van der Waals surface area contributed by atoms with Crippen LogP contribution in [-0.4, -0.2) is 36.3 Å². The summed E-state index contributed by atoms with van der Waals surface area (Å²) in [6.07, 6.45) is -8.83. The molecule has 56 heavy (non-hydrogen) atoms. The molecule has 8 nitrogen and oxygen atoms in total. The summed E-state index contributed by atoms with van der Waals surface area (Å²) in [5.41, 5.74) is 0.298. The molecule has 6 rings (SSSR count). The maximum absolute atomic E-state index is 12.9. The van der Waals surface area contributed by atoms with Gasteiger partial charge in [-0.15, -0.1) is 0 Å². The van der Waals surface area contributed by atoms with E-state index in [1.807, 2.05) is 83.3 Å². The Morgan fingerprint density at radius 1 is 0.625 bits per heavy atom. The molecule has 2 aromatic heterocycles. The van der Waals surface area contributed by atoms with E-state index in [2.05, 4.69) is 9.97 Å². The van der Waals surface area contributed by atoms with Crippen LogP contribution in [0.1, 0.15) is 33.9 Å². The lowest BCUT2D eigenvalue weighted by molar-refractivity contribution is -0.138. The first-order chi connectivity index (χ1) is 26.3. The van der Waals surface area contributed by atoms with Crippen molar-refractivity contribution in [3.8, 4) is 11.1 Å². The predicted molar refractivity (Wildman–Crippen MR) is 212 cm³/mol. The van der Waals surface area contributed by atoms with Crippen molar-refractivity contribution in [1.29, 1.82) is 0 Å². The number of hydrogen-bond donors (Lipinski definition) is 2. The van der Waals surface area contributed by atoms with Gasteiger partial charge in [0.15, 0.2) is 0 Å². The van der Waals surface area contributed by atoms with Gasteiger partial charge < -0.3 is 10.0 Å². The molecule has 0 amide bonds. The van der Waals surface area contributed by atoms with Crippen molar-refractivity contribution in [2.24, 2.45) is 0 Å². The predicted octanol–water partition coefficient (Wildman–Crippen LogP) is 8.18. The van der Waals surface area contributed by atoms with Gasteiger partial charge in [-0.3, -0.25) is 18.7 Å². The second kappa shape index (κ2) is 19.1. The number of halogens is 9. The van der Waals surface area contributed by atoms with Crippen LogP contribution >= 0.6 is 45.8 Å². The fourth-order valence-electron chi connectivity index (χ4n) is 5.05. The fourth-order valence-corrected chi connectivity index (χ4v) is 5.98. The molecule has 0 fully saturated rings. The Hall–Kier alpha value is -4.49. The van der Waals surface area contributed by atoms with Gasteiger partial charge in [0.05, 0.1) is 29.8 Å². The third kappa shape index (κ3) is 11.8. The van der Waals surface area contributed by atoms with Gasteiger partial charge in [-0.25, -0.2) is 9.97 Å². The summed E-state index contributed by atoms with van der Waals surface area (Å²) >= 11 is 13.9. The Bertz CT molecular complexity index is 2360. The number of hydrogen-bond acceptors (Lipinski definition) is 6. The average Bonchev–Trinajstić information content (AvgIpc) is 3.15. The van der Waals surface area contributed by atoms with Crippen molar-refractivity contribution in [3.05, 3.63) is 178 Å². The van der Waals surface area contributed by atoms with E-state index in [9.17, 15) is 35.9 Å². The summed E-state index contributed by atoms with van der Waals surface area (Å²) in [7, 11) is -1.73. The molecule has 4 aromatic carbocycles. The van der Waals surface area contributed by atoms with Crippen LogP contribution in [0.25, 0.3) is 11.1 Å². The van der Waals surface area contributed by atoms with Crippen molar-refractivity contribution in [2.75, 3.05) is 0 Å². The fraction of sp³-hybridized carbons (Fsp3) is 0.158. The first kappa shape index (κ1) is 44.2. The van der Waals surface area contributed by atoms with Gasteiger partial charge in [0, 0.05) is 0 Å². The highest BCUT2D eigenvalue weighted by molar-refractivity contribution is 14.1. The van der Waals surface area contributed by atoms with Crippen molar-refractivity contribution in [1.82, 2.24) is 19.1 Å². The van der Waals surface area contributed by atoms with E-state index in [-0.39, 0.29) is 26.9 Å². The topological polar surface area (TPSA) is 110 Å². The number of aryl methyl sites for hydroxylation is 2. The minimum absolute atomic E-state index is 0.0310. The van der Waals surface area contributed by atoms with Crippen LogP contribution in [-0.2, 0) is 25.4 Å². The van der Waals surface area contributed by atoms with E-state index < -0.39 is 36.2 Å². The summed E-state index contributed by atoms with van der Waals surface area (Å²) in [6, 6.07) is 27.1. The molecular weight excluding hydrogens is 899 g/mol. The lowest BCUT2D eigenvalue weighted by Gasteiger charge is -2.13. The normalized spacial score (nSPS) is 11.2. The SMILES string of the molecule is Cc1nc(Cl)c(-c2ccc(C(F)(F)F)cc2)c(=O)n1Cc1ccccc1.Cc1nc(Cl)c(I)c(=O)n1Cc1ccccc1.OB(O)c1ccc(C(F)(F)F)cc1. The van der Waals surface area contributed by atoms with Crippen LogP contribution in [0.4, 0.5) is 26.3 Å². The standard InChI is InChI=1S/C19H14ClF3N2O.C12H10ClIN2O.C7H6BF3O2/c1-12-24-17(20)16(14-7-9-15(10-8-14)19(21,22)23)18(26)25(12)11-13-5-3-2-4-6-13;1-8-15-11(13)10(14)12(17)16(8)7-9-5-3-2-4-6-9;9-7(10,11)5-1-3-6(4-2-5)8(12)13/h2-10H,11H2,1H3;2-6H,7H2,1H3;1-4,12-13H. The zero-order valence-electron chi connectivity index (χ0n) is 29.3. The molecular formula is C38H30BCl2F6IN4O4. The summed E-state index contributed by atoms with van der Waals surface area (Å²) in [4.78, 5) is 33.3. The molecule has 0 saturated heterocycles. The molecule has 0 aliphatic rings. The third-order valence-electron chi connectivity index (χ3n) is 7.98. The smallest absolute Gasteiger partial charge is 0.423 e. The van der Waals surface area contributed by atoms with Crippen molar-refractivity contribution in [3.63, 3.8) is 0 Å². The summed E-state index contributed by atoms with van der Waals surface area (Å²) in [5.74, 6) is 1.06. The molecule has 2 N–H and O–H groups in total. The third-order valence-corrected chi connectivity index (χ3v) is 9.82. The Labute approximate surface area is 340 Å². The maximum atomic E-state index is 12.9. The first-order valence-corrected chi connectivity index (χ1v) is 18.1. The van der Waals surface area contributed by atoms with Gasteiger partial charge in [-0.1, -0.05) is 120 Å². The van der Waals surface area contributed by atoms with Crippen molar-refractivity contribution >= 4 is 58.4 Å². The molecule has 0 aliphatic heterocycles. The lowest BCUT2D eigenvalue weighted by Crippen LogP contribution is -2.29. The molecule has 18 heteroatoms. The highest BCUT2D eigenvalue weighted by atomic mass is 127. The summed E-state index contributed by atoms with van der Waals surface area (Å²) in [5, 5.41) is 17.4. The zero-order valence-corrected chi connectivity index (χ0v) is 33.0. The highest BCUT2D eigenvalue weighted by Crippen LogP contribution is 2.32. The Kier molecular flexibility index (Phi) is 15.1. The molecule has 292 valence electrons. The largest absolute Gasteiger partial charge is 0.488 e. The summed E-state index contributed by atoms with van der Waals surface area (Å²) in [6.45, 7) is 4.26. The summed E-state index contributed by atoms with van der Waals surface area (Å²) < 4.78 is 77.7.